The minimum Gasteiger partial charge on any atom is -0.488 e. The Balaban J connectivity index is 1.77. The number of benzene rings is 2. The van der Waals surface area contributed by atoms with Gasteiger partial charge in [0.05, 0.1) is 11.1 Å². The van der Waals surface area contributed by atoms with Gasteiger partial charge in [-0.15, -0.1) is 0 Å². The summed E-state index contributed by atoms with van der Waals surface area (Å²) in [7, 11) is 0. The first-order valence-corrected chi connectivity index (χ1v) is 9.26. The van der Waals surface area contributed by atoms with E-state index in [0.29, 0.717) is 22.9 Å². The molecule has 9 heteroatoms. The molecule has 142 valence electrons. The zero-order chi connectivity index (χ0) is 19.9. The van der Waals surface area contributed by atoms with Crippen molar-refractivity contribution in [2.24, 2.45) is 5.10 Å². The number of nitrogens with zero attached hydrogens (tertiary/aromatic N) is 3. The molecule has 0 radical (unpaired) electrons. The van der Waals surface area contributed by atoms with Gasteiger partial charge >= 0.3 is 5.69 Å². The molecule has 0 unspecified atom stereocenters. The molecular weight excluding hydrogens is 448 g/mol. The third-order valence-electron chi connectivity index (χ3n) is 3.67. The van der Waals surface area contributed by atoms with Crippen LogP contribution in [-0.4, -0.2) is 16.1 Å². The Morgan fingerprint density at radius 3 is 2.86 bits per heavy atom. The fourth-order valence-corrected chi connectivity index (χ4v) is 2.88. The number of halogens is 2. The normalized spacial score (nSPS) is 10.8. The highest BCUT2D eigenvalue weighted by atomic mass is 79.9. The van der Waals surface area contributed by atoms with E-state index in [9.17, 15) is 10.1 Å². The molecule has 1 aromatic heterocycles. The smallest absolute Gasteiger partial charge is 0.313 e. The number of hydrazone groups is 1. The maximum absolute atomic E-state index is 11.0. The molecule has 0 saturated carbocycles. The Morgan fingerprint density at radius 1 is 1.25 bits per heavy atom. The molecule has 0 fully saturated rings. The lowest BCUT2D eigenvalue weighted by Crippen LogP contribution is -2.01. The van der Waals surface area contributed by atoms with Gasteiger partial charge in [0.15, 0.2) is 0 Å². The molecule has 1 N–H and O–H groups in total. The summed E-state index contributed by atoms with van der Waals surface area (Å²) in [6.07, 6.45) is 2.95. The Labute approximate surface area is 174 Å². The van der Waals surface area contributed by atoms with E-state index in [2.05, 4.69) is 31.4 Å². The number of anilines is 1. The monoisotopic (exact) mass is 460 g/mol. The molecule has 28 heavy (non-hydrogen) atoms. The van der Waals surface area contributed by atoms with Crippen LogP contribution in [0, 0.1) is 10.1 Å². The minimum atomic E-state index is -0.526. The third kappa shape index (κ3) is 5.05. The van der Waals surface area contributed by atoms with Crippen LogP contribution in [0.4, 0.5) is 11.5 Å². The zero-order valence-electron chi connectivity index (χ0n) is 14.4. The van der Waals surface area contributed by atoms with Crippen molar-refractivity contribution in [3.8, 4) is 5.75 Å². The van der Waals surface area contributed by atoms with Crippen molar-refractivity contribution in [2.45, 2.75) is 6.61 Å². The van der Waals surface area contributed by atoms with E-state index in [1.165, 1.54) is 24.5 Å². The molecule has 0 aliphatic heterocycles. The summed E-state index contributed by atoms with van der Waals surface area (Å²) in [5.41, 5.74) is 3.97. The van der Waals surface area contributed by atoms with E-state index < -0.39 is 4.92 Å². The summed E-state index contributed by atoms with van der Waals surface area (Å²) in [6.45, 7) is 0.293. The molecule has 1 heterocycles. The second-order valence-corrected chi connectivity index (χ2v) is 6.88. The summed E-state index contributed by atoms with van der Waals surface area (Å²) in [5, 5.41) is 15.7. The lowest BCUT2D eigenvalue weighted by Gasteiger charge is -2.10. The van der Waals surface area contributed by atoms with Gasteiger partial charge in [-0.1, -0.05) is 45.7 Å². The van der Waals surface area contributed by atoms with Crippen LogP contribution in [-0.2, 0) is 6.61 Å². The van der Waals surface area contributed by atoms with Crippen molar-refractivity contribution in [1.29, 1.82) is 0 Å². The molecule has 0 aliphatic carbocycles. The molecule has 3 rings (SSSR count). The van der Waals surface area contributed by atoms with Gasteiger partial charge < -0.3 is 4.74 Å². The predicted octanol–water partition coefficient (Wildman–Crippen LogP) is 5.43. The third-order valence-corrected chi connectivity index (χ3v) is 4.53. The van der Waals surface area contributed by atoms with Crippen molar-refractivity contribution in [2.75, 3.05) is 5.43 Å². The highest BCUT2D eigenvalue weighted by Gasteiger charge is 2.13. The predicted molar refractivity (Wildman–Crippen MR) is 112 cm³/mol. The summed E-state index contributed by atoms with van der Waals surface area (Å²) in [5.74, 6) is 0.640. The summed E-state index contributed by atoms with van der Waals surface area (Å²) in [6, 6.07) is 15.7. The zero-order valence-corrected chi connectivity index (χ0v) is 16.7. The van der Waals surface area contributed by atoms with Gasteiger partial charge in [0.1, 0.15) is 12.4 Å². The van der Waals surface area contributed by atoms with Gasteiger partial charge in [0.25, 0.3) is 0 Å². The molecule has 0 saturated heterocycles. The van der Waals surface area contributed by atoms with Crippen molar-refractivity contribution >= 4 is 45.3 Å². The quantitative estimate of drug-likeness (QED) is 0.288. The van der Waals surface area contributed by atoms with Crippen LogP contribution in [0.15, 0.2) is 70.4 Å². The molecule has 3 aromatic rings. The van der Waals surface area contributed by atoms with Crippen molar-refractivity contribution in [3.63, 3.8) is 0 Å². The average Bonchev–Trinajstić information content (AvgIpc) is 2.69. The average molecular weight is 462 g/mol. The van der Waals surface area contributed by atoms with E-state index in [1.807, 2.05) is 30.3 Å². The van der Waals surface area contributed by atoms with Crippen molar-refractivity contribution < 1.29 is 9.66 Å². The molecule has 0 bridgehead atoms. The van der Waals surface area contributed by atoms with E-state index in [4.69, 9.17) is 16.3 Å². The molecular formula is C19H14BrClN4O3. The molecule has 7 nitrogen and oxygen atoms in total. The fourth-order valence-electron chi connectivity index (χ4n) is 2.32. The van der Waals surface area contributed by atoms with Crippen LogP contribution in [0.3, 0.4) is 0 Å². The van der Waals surface area contributed by atoms with Crippen LogP contribution in [0.1, 0.15) is 11.1 Å². The number of rotatable bonds is 7. The Kier molecular flexibility index (Phi) is 6.57. The van der Waals surface area contributed by atoms with Crippen LogP contribution in [0.5, 0.6) is 5.75 Å². The fraction of sp³-hybridized carbons (Fsp3) is 0.0526. The van der Waals surface area contributed by atoms with Gasteiger partial charge in [0.2, 0.25) is 5.82 Å². The second kappa shape index (κ2) is 9.29. The molecule has 0 atom stereocenters. The van der Waals surface area contributed by atoms with Gasteiger partial charge in [-0.2, -0.15) is 5.10 Å². The summed E-state index contributed by atoms with van der Waals surface area (Å²) < 4.78 is 6.71. The highest BCUT2D eigenvalue weighted by Crippen LogP contribution is 2.25. The van der Waals surface area contributed by atoms with Crippen LogP contribution >= 0.6 is 27.5 Å². The minimum absolute atomic E-state index is 0.0530. The summed E-state index contributed by atoms with van der Waals surface area (Å²) in [4.78, 5) is 14.4. The Bertz CT molecular complexity index is 1030. The number of hydrogen-bond donors (Lipinski definition) is 1. The maximum atomic E-state index is 11.0. The first-order valence-electron chi connectivity index (χ1n) is 8.09. The number of pyridine rings is 1. The first-order chi connectivity index (χ1) is 13.5. The van der Waals surface area contributed by atoms with Gasteiger partial charge in [0, 0.05) is 32.9 Å². The topological polar surface area (TPSA) is 89.7 Å². The number of nitrogens with one attached hydrogen (secondary N) is 1. The molecule has 2 aromatic carbocycles. The van der Waals surface area contributed by atoms with Gasteiger partial charge in [-0.3, -0.25) is 15.5 Å². The Morgan fingerprint density at radius 2 is 2.07 bits per heavy atom. The van der Waals surface area contributed by atoms with Crippen LogP contribution in [0.25, 0.3) is 0 Å². The highest BCUT2D eigenvalue weighted by molar-refractivity contribution is 9.10. The standard InChI is InChI=1S/C19H14BrClN4O3/c20-15-7-8-18(28-12-13-4-1-2-5-16(13)21)14(10-15)11-23-24-19-17(25(26)27)6-3-9-22-19/h1-11H,12H2,(H,22,24)/b23-11-. The van der Waals surface area contributed by atoms with Gasteiger partial charge in [-0.25, -0.2) is 4.98 Å². The molecule has 0 aliphatic rings. The largest absolute Gasteiger partial charge is 0.488 e. The van der Waals surface area contributed by atoms with Crippen LogP contribution < -0.4 is 10.2 Å². The van der Waals surface area contributed by atoms with E-state index in [-0.39, 0.29) is 11.5 Å². The second-order valence-electron chi connectivity index (χ2n) is 5.56. The lowest BCUT2D eigenvalue weighted by atomic mass is 10.2. The Hall–Kier alpha value is -2.97. The molecule has 0 amide bonds. The van der Waals surface area contributed by atoms with Crippen molar-refractivity contribution in [1.82, 2.24) is 4.98 Å². The number of hydrogen-bond acceptors (Lipinski definition) is 6. The number of aromatic nitrogens is 1. The number of nitro groups is 1. The number of ether oxygens (including phenoxy) is 1. The maximum Gasteiger partial charge on any atom is 0.313 e. The van der Waals surface area contributed by atoms with Crippen LogP contribution in [0.2, 0.25) is 5.02 Å². The van der Waals surface area contributed by atoms with E-state index in [0.717, 1.165) is 10.0 Å². The van der Waals surface area contributed by atoms with E-state index in [1.54, 1.807) is 12.1 Å². The van der Waals surface area contributed by atoms with Gasteiger partial charge in [-0.05, 0) is 30.3 Å². The lowest BCUT2D eigenvalue weighted by molar-refractivity contribution is -0.384. The SMILES string of the molecule is O=[N+]([O-])c1cccnc1N/N=C\c1cc(Br)ccc1OCc1ccccc1Cl. The first kappa shape index (κ1) is 19.8. The molecule has 0 spiro atoms. The summed E-state index contributed by atoms with van der Waals surface area (Å²) >= 11 is 9.57. The van der Waals surface area contributed by atoms with E-state index >= 15 is 0 Å². The van der Waals surface area contributed by atoms with Crippen molar-refractivity contribution in [3.05, 3.63) is 91.5 Å².